The lowest BCUT2D eigenvalue weighted by Gasteiger charge is -2.20. The second-order valence-corrected chi connectivity index (χ2v) is 6.60. The summed E-state index contributed by atoms with van der Waals surface area (Å²) >= 11 is 1.26. The maximum absolute atomic E-state index is 12.3. The van der Waals surface area contributed by atoms with Gasteiger partial charge in [-0.2, -0.15) is 0 Å². The van der Waals surface area contributed by atoms with E-state index >= 15 is 0 Å². The molecule has 22 heavy (non-hydrogen) atoms. The topological polar surface area (TPSA) is 66.5 Å². The summed E-state index contributed by atoms with van der Waals surface area (Å²) in [6.07, 6.45) is 0.448. The Bertz CT molecular complexity index is 615. The molecule has 1 aliphatic heterocycles. The van der Waals surface area contributed by atoms with Gasteiger partial charge in [0.1, 0.15) is 0 Å². The molecule has 118 valence electrons. The molecule has 1 atom stereocenters. The van der Waals surface area contributed by atoms with E-state index < -0.39 is 0 Å². The summed E-state index contributed by atoms with van der Waals surface area (Å²) in [4.78, 5) is 36.9. The maximum atomic E-state index is 12.3. The number of rotatable bonds is 4. The van der Waals surface area contributed by atoms with Crippen LogP contribution in [0.4, 0.5) is 5.69 Å². The Balaban J connectivity index is 2.20. The van der Waals surface area contributed by atoms with E-state index in [-0.39, 0.29) is 22.8 Å². The summed E-state index contributed by atoms with van der Waals surface area (Å²) in [5.74, 6) is 0.719. The molecule has 1 aliphatic rings. The molecule has 0 aliphatic carbocycles. The van der Waals surface area contributed by atoms with Gasteiger partial charge in [-0.1, -0.05) is 17.8 Å². The van der Waals surface area contributed by atoms with Gasteiger partial charge < -0.3 is 10.2 Å². The molecule has 2 rings (SSSR count). The van der Waals surface area contributed by atoms with Crippen LogP contribution >= 0.6 is 11.8 Å². The van der Waals surface area contributed by atoms with Crippen LogP contribution in [0.2, 0.25) is 0 Å². The fraction of sp³-hybridized carbons (Fsp3) is 0.438. The van der Waals surface area contributed by atoms with E-state index in [4.69, 9.17) is 0 Å². The molecule has 5 nitrogen and oxygen atoms in total. The predicted octanol–water partition coefficient (Wildman–Crippen LogP) is 1.99. The number of carbonyl (C=O) groups excluding carboxylic acids is 3. The zero-order valence-electron chi connectivity index (χ0n) is 13.0. The first-order chi connectivity index (χ1) is 10.4. The van der Waals surface area contributed by atoms with Crippen LogP contribution in [0, 0.1) is 12.8 Å². The first-order valence-corrected chi connectivity index (χ1v) is 8.18. The Hall–Kier alpha value is -1.82. The molecule has 1 aromatic rings. The first-order valence-electron chi connectivity index (χ1n) is 7.19. The van der Waals surface area contributed by atoms with E-state index in [9.17, 15) is 14.4 Å². The molecule has 0 aromatic heterocycles. The number of amides is 2. The Labute approximate surface area is 134 Å². The highest BCUT2D eigenvalue weighted by Gasteiger charge is 2.32. The molecule has 2 amide bonds. The summed E-state index contributed by atoms with van der Waals surface area (Å²) in [5.41, 5.74) is 2.16. The quantitative estimate of drug-likeness (QED) is 0.921. The van der Waals surface area contributed by atoms with Crippen LogP contribution in [0.1, 0.15) is 29.3 Å². The van der Waals surface area contributed by atoms with Gasteiger partial charge in [0.25, 0.3) is 5.91 Å². The summed E-state index contributed by atoms with van der Waals surface area (Å²) in [6.45, 7) is 3.98. The van der Waals surface area contributed by atoms with Gasteiger partial charge in [-0.05, 0) is 30.5 Å². The molecule has 1 heterocycles. The van der Waals surface area contributed by atoms with Gasteiger partial charge >= 0.3 is 0 Å². The number of hydrogen-bond donors (Lipinski definition) is 1. The lowest BCUT2D eigenvalue weighted by molar-refractivity contribution is -0.117. The molecule has 1 saturated heterocycles. The van der Waals surface area contributed by atoms with Crippen molar-refractivity contribution >= 4 is 34.4 Å². The van der Waals surface area contributed by atoms with Crippen LogP contribution in [0.15, 0.2) is 18.2 Å². The third-order valence-electron chi connectivity index (χ3n) is 3.80. The fourth-order valence-electron chi connectivity index (χ4n) is 2.66. The van der Waals surface area contributed by atoms with E-state index in [0.29, 0.717) is 24.3 Å². The normalized spacial score (nSPS) is 17.7. The van der Waals surface area contributed by atoms with Crippen molar-refractivity contribution in [1.82, 2.24) is 5.32 Å². The van der Waals surface area contributed by atoms with E-state index in [0.717, 1.165) is 11.3 Å². The molecule has 0 spiro atoms. The number of anilines is 1. The number of nitrogens with one attached hydrogen (secondary N) is 1. The summed E-state index contributed by atoms with van der Waals surface area (Å²) in [6, 6.07) is 5.40. The van der Waals surface area contributed by atoms with Gasteiger partial charge in [0, 0.05) is 43.9 Å². The zero-order valence-corrected chi connectivity index (χ0v) is 13.8. The van der Waals surface area contributed by atoms with E-state index in [1.54, 1.807) is 24.1 Å². The summed E-state index contributed by atoms with van der Waals surface area (Å²) < 4.78 is 0. The van der Waals surface area contributed by atoms with E-state index in [1.807, 2.05) is 13.0 Å². The van der Waals surface area contributed by atoms with Crippen molar-refractivity contribution in [2.75, 3.05) is 24.2 Å². The van der Waals surface area contributed by atoms with Crippen LogP contribution in [-0.4, -0.2) is 36.3 Å². The van der Waals surface area contributed by atoms with Crippen LogP contribution < -0.4 is 10.2 Å². The highest BCUT2D eigenvalue weighted by molar-refractivity contribution is 8.13. The van der Waals surface area contributed by atoms with Gasteiger partial charge in [-0.3, -0.25) is 14.4 Å². The zero-order chi connectivity index (χ0) is 16.3. The summed E-state index contributed by atoms with van der Waals surface area (Å²) in [5, 5.41) is 2.68. The van der Waals surface area contributed by atoms with E-state index in [1.165, 1.54) is 18.7 Å². The van der Waals surface area contributed by atoms with Crippen LogP contribution in [0.25, 0.3) is 0 Å². The standard InChI is InChI=1S/C16H20N2O3S/c1-10-13(16(21)17-3)5-4-6-14(10)18-8-12(7-15(18)20)9-22-11(2)19/h4-6,12H,7-9H2,1-3H3,(H,17,21). The second kappa shape index (κ2) is 6.96. The van der Waals surface area contributed by atoms with Crippen molar-refractivity contribution in [2.45, 2.75) is 20.3 Å². The minimum Gasteiger partial charge on any atom is -0.355 e. The lowest BCUT2D eigenvalue weighted by atomic mass is 10.1. The molecule has 0 bridgehead atoms. The third kappa shape index (κ3) is 3.50. The second-order valence-electron chi connectivity index (χ2n) is 5.41. The minimum atomic E-state index is -0.158. The van der Waals surface area contributed by atoms with Crippen molar-refractivity contribution in [3.05, 3.63) is 29.3 Å². The van der Waals surface area contributed by atoms with Crippen molar-refractivity contribution in [1.29, 1.82) is 0 Å². The molecular weight excluding hydrogens is 300 g/mol. The van der Waals surface area contributed by atoms with Crippen LogP contribution in [-0.2, 0) is 9.59 Å². The highest BCUT2D eigenvalue weighted by atomic mass is 32.2. The third-order valence-corrected chi connectivity index (χ3v) is 4.84. The molecule has 1 N–H and O–H groups in total. The average Bonchev–Trinajstić information content (AvgIpc) is 2.85. The molecule has 1 unspecified atom stereocenters. The largest absolute Gasteiger partial charge is 0.355 e. The highest BCUT2D eigenvalue weighted by Crippen LogP contribution is 2.31. The van der Waals surface area contributed by atoms with Crippen molar-refractivity contribution in [2.24, 2.45) is 5.92 Å². The van der Waals surface area contributed by atoms with Gasteiger partial charge in [0.2, 0.25) is 5.91 Å². The van der Waals surface area contributed by atoms with Gasteiger partial charge in [-0.25, -0.2) is 0 Å². The average molecular weight is 320 g/mol. The smallest absolute Gasteiger partial charge is 0.251 e. The molecular formula is C16H20N2O3S. The number of benzene rings is 1. The molecule has 1 aromatic carbocycles. The molecule has 0 saturated carbocycles. The van der Waals surface area contributed by atoms with Crippen molar-refractivity contribution in [3.63, 3.8) is 0 Å². The molecule has 0 radical (unpaired) electrons. The first kappa shape index (κ1) is 16.5. The lowest BCUT2D eigenvalue weighted by Crippen LogP contribution is -2.27. The number of hydrogen-bond acceptors (Lipinski definition) is 4. The van der Waals surface area contributed by atoms with Crippen LogP contribution in [0.5, 0.6) is 0 Å². The Morgan fingerprint density at radius 2 is 2.14 bits per heavy atom. The maximum Gasteiger partial charge on any atom is 0.251 e. The monoisotopic (exact) mass is 320 g/mol. The Morgan fingerprint density at radius 3 is 2.77 bits per heavy atom. The number of nitrogens with zero attached hydrogens (tertiary/aromatic N) is 1. The number of thioether (sulfide) groups is 1. The number of carbonyl (C=O) groups is 3. The van der Waals surface area contributed by atoms with Crippen LogP contribution in [0.3, 0.4) is 0 Å². The van der Waals surface area contributed by atoms with Gasteiger partial charge in [-0.15, -0.1) is 0 Å². The predicted molar refractivity (Wildman–Crippen MR) is 88.2 cm³/mol. The molecule has 1 fully saturated rings. The van der Waals surface area contributed by atoms with Gasteiger partial charge in [0.05, 0.1) is 0 Å². The summed E-state index contributed by atoms with van der Waals surface area (Å²) in [7, 11) is 1.59. The minimum absolute atomic E-state index is 0.0475. The SMILES string of the molecule is CNC(=O)c1cccc(N2CC(CSC(C)=O)CC2=O)c1C. The van der Waals surface area contributed by atoms with Gasteiger partial charge in [0.15, 0.2) is 5.12 Å². The fourth-order valence-corrected chi connectivity index (χ4v) is 3.35. The Kier molecular flexibility index (Phi) is 5.24. The van der Waals surface area contributed by atoms with E-state index in [2.05, 4.69) is 5.32 Å². The van der Waals surface area contributed by atoms with Crippen molar-refractivity contribution < 1.29 is 14.4 Å². The Morgan fingerprint density at radius 1 is 1.41 bits per heavy atom. The van der Waals surface area contributed by atoms with Crippen molar-refractivity contribution in [3.8, 4) is 0 Å². The molecule has 6 heteroatoms.